The minimum atomic E-state index is -0.372. The predicted octanol–water partition coefficient (Wildman–Crippen LogP) is 2.09. The molecule has 15 heavy (non-hydrogen) atoms. The molecular weight excluding hydrogens is 190 g/mol. The quantitative estimate of drug-likeness (QED) is 0.727. The first-order valence-electron chi connectivity index (χ1n) is 5.93. The number of nitrogens with two attached hydrogens (primary N) is 1. The van der Waals surface area contributed by atoms with Crippen LogP contribution in [0.1, 0.15) is 46.5 Å². The Morgan fingerprint density at radius 3 is 2.27 bits per heavy atom. The summed E-state index contributed by atoms with van der Waals surface area (Å²) in [5.74, 6) is 0.286. The SMILES string of the molecule is CC(C)C(C)OC(=O)C1(CN)CCCC1. The van der Waals surface area contributed by atoms with Crippen molar-refractivity contribution in [2.45, 2.75) is 52.6 Å². The third-order valence-corrected chi connectivity index (χ3v) is 3.62. The van der Waals surface area contributed by atoms with Crippen molar-refractivity contribution in [3.8, 4) is 0 Å². The fourth-order valence-corrected chi connectivity index (χ4v) is 1.97. The van der Waals surface area contributed by atoms with E-state index in [0.29, 0.717) is 12.5 Å². The fourth-order valence-electron chi connectivity index (χ4n) is 1.97. The van der Waals surface area contributed by atoms with Crippen LogP contribution in [0.25, 0.3) is 0 Å². The average Bonchev–Trinajstić information content (AvgIpc) is 2.66. The van der Waals surface area contributed by atoms with E-state index in [9.17, 15) is 4.79 Å². The lowest BCUT2D eigenvalue weighted by Gasteiger charge is -2.28. The van der Waals surface area contributed by atoms with Gasteiger partial charge in [0.25, 0.3) is 0 Å². The highest BCUT2D eigenvalue weighted by Gasteiger charge is 2.42. The Morgan fingerprint density at radius 2 is 1.87 bits per heavy atom. The van der Waals surface area contributed by atoms with Crippen molar-refractivity contribution < 1.29 is 9.53 Å². The highest BCUT2D eigenvalue weighted by molar-refractivity contribution is 5.77. The van der Waals surface area contributed by atoms with E-state index in [1.54, 1.807) is 0 Å². The van der Waals surface area contributed by atoms with E-state index in [-0.39, 0.29) is 17.5 Å². The van der Waals surface area contributed by atoms with Crippen LogP contribution in [-0.2, 0) is 9.53 Å². The summed E-state index contributed by atoms with van der Waals surface area (Å²) in [5, 5.41) is 0. The monoisotopic (exact) mass is 213 g/mol. The molecule has 0 aromatic rings. The highest BCUT2D eigenvalue weighted by Crippen LogP contribution is 2.38. The number of ether oxygens (including phenoxy) is 1. The molecule has 1 aliphatic carbocycles. The van der Waals surface area contributed by atoms with E-state index in [4.69, 9.17) is 10.5 Å². The molecule has 0 saturated heterocycles. The van der Waals surface area contributed by atoms with E-state index in [1.165, 1.54) is 0 Å². The molecule has 0 aromatic heterocycles. The van der Waals surface area contributed by atoms with Crippen LogP contribution in [0, 0.1) is 11.3 Å². The van der Waals surface area contributed by atoms with Crippen LogP contribution in [0.3, 0.4) is 0 Å². The van der Waals surface area contributed by atoms with Crippen LogP contribution in [0.4, 0.5) is 0 Å². The van der Waals surface area contributed by atoms with Gasteiger partial charge < -0.3 is 10.5 Å². The van der Waals surface area contributed by atoms with E-state index in [2.05, 4.69) is 13.8 Å². The molecule has 88 valence electrons. The molecular formula is C12H23NO2. The number of carbonyl (C=O) groups is 1. The summed E-state index contributed by atoms with van der Waals surface area (Å²) in [5.41, 5.74) is 5.35. The Balaban J connectivity index is 2.58. The minimum absolute atomic E-state index is 0.0125. The number of hydrogen-bond donors (Lipinski definition) is 1. The van der Waals surface area contributed by atoms with Gasteiger partial charge in [0.2, 0.25) is 0 Å². The topological polar surface area (TPSA) is 52.3 Å². The van der Waals surface area contributed by atoms with E-state index >= 15 is 0 Å². The van der Waals surface area contributed by atoms with Gasteiger partial charge in [-0.25, -0.2) is 0 Å². The van der Waals surface area contributed by atoms with Crippen molar-refractivity contribution in [1.29, 1.82) is 0 Å². The third kappa shape index (κ3) is 2.71. The molecule has 1 aliphatic rings. The van der Waals surface area contributed by atoms with Crippen LogP contribution >= 0.6 is 0 Å². The molecule has 0 radical (unpaired) electrons. The molecule has 1 rings (SSSR count). The molecule has 1 fully saturated rings. The first-order chi connectivity index (χ1) is 7.02. The fraction of sp³-hybridized carbons (Fsp3) is 0.917. The smallest absolute Gasteiger partial charge is 0.313 e. The van der Waals surface area contributed by atoms with Crippen LogP contribution in [0.15, 0.2) is 0 Å². The van der Waals surface area contributed by atoms with Gasteiger partial charge in [0.1, 0.15) is 6.10 Å². The maximum Gasteiger partial charge on any atom is 0.313 e. The van der Waals surface area contributed by atoms with Gasteiger partial charge in [-0.1, -0.05) is 26.7 Å². The van der Waals surface area contributed by atoms with Gasteiger partial charge in [0, 0.05) is 6.54 Å². The maximum atomic E-state index is 12.0. The number of esters is 1. The molecule has 0 aromatic carbocycles. The molecule has 1 unspecified atom stereocenters. The minimum Gasteiger partial charge on any atom is -0.462 e. The first-order valence-corrected chi connectivity index (χ1v) is 5.93. The summed E-state index contributed by atoms with van der Waals surface area (Å²) >= 11 is 0. The number of carbonyl (C=O) groups excluding carboxylic acids is 1. The molecule has 2 N–H and O–H groups in total. The Hall–Kier alpha value is -0.570. The second-order valence-electron chi connectivity index (χ2n) is 5.05. The van der Waals surface area contributed by atoms with Gasteiger partial charge in [-0.3, -0.25) is 4.79 Å². The summed E-state index contributed by atoms with van der Waals surface area (Å²) in [6.45, 7) is 6.49. The standard InChI is InChI=1S/C12H23NO2/c1-9(2)10(3)15-11(14)12(8-13)6-4-5-7-12/h9-10H,4-8,13H2,1-3H3. The highest BCUT2D eigenvalue weighted by atomic mass is 16.5. The summed E-state index contributed by atoms with van der Waals surface area (Å²) < 4.78 is 5.47. The van der Waals surface area contributed by atoms with Gasteiger partial charge in [0.15, 0.2) is 0 Å². The van der Waals surface area contributed by atoms with Gasteiger partial charge in [-0.2, -0.15) is 0 Å². The van der Waals surface area contributed by atoms with Crippen molar-refractivity contribution in [3.05, 3.63) is 0 Å². The lowest BCUT2D eigenvalue weighted by atomic mass is 9.86. The summed E-state index contributed by atoms with van der Waals surface area (Å²) in [6.07, 6.45) is 3.98. The molecule has 0 aliphatic heterocycles. The zero-order chi connectivity index (χ0) is 11.5. The van der Waals surface area contributed by atoms with Gasteiger partial charge in [-0.05, 0) is 25.7 Å². The zero-order valence-corrected chi connectivity index (χ0v) is 10.1. The first kappa shape index (κ1) is 12.5. The van der Waals surface area contributed by atoms with Crippen molar-refractivity contribution in [2.75, 3.05) is 6.54 Å². The average molecular weight is 213 g/mol. The predicted molar refractivity (Wildman–Crippen MR) is 60.3 cm³/mol. The molecule has 3 nitrogen and oxygen atoms in total. The molecule has 0 amide bonds. The molecule has 0 heterocycles. The third-order valence-electron chi connectivity index (χ3n) is 3.62. The van der Waals surface area contributed by atoms with Crippen molar-refractivity contribution in [2.24, 2.45) is 17.1 Å². The van der Waals surface area contributed by atoms with Gasteiger partial charge in [-0.15, -0.1) is 0 Å². The second kappa shape index (κ2) is 4.97. The van der Waals surface area contributed by atoms with Gasteiger partial charge in [0.05, 0.1) is 5.41 Å². The normalized spacial score (nSPS) is 21.7. The summed E-state index contributed by atoms with van der Waals surface area (Å²) in [7, 11) is 0. The maximum absolute atomic E-state index is 12.0. The van der Waals surface area contributed by atoms with Crippen LogP contribution < -0.4 is 5.73 Å². The molecule has 3 heteroatoms. The lowest BCUT2D eigenvalue weighted by Crippen LogP contribution is -2.39. The summed E-state index contributed by atoms with van der Waals surface area (Å²) in [4.78, 5) is 12.0. The number of rotatable bonds is 4. The van der Waals surface area contributed by atoms with E-state index in [0.717, 1.165) is 25.7 Å². The Labute approximate surface area is 92.4 Å². The molecule has 1 atom stereocenters. The van der Waals surface area contributed by atoms with E-state index < -0.39 is 0 Å². The Kier molecular flexibility index (Phi) is 4.14. The van der Waals surface area contributed by atoms with Crippen LogP contribution in [-0.4, -0.2) is 18.6 Å². The lowest BCUT2D eigenvalue weighted by molar-refractivity contribution is -0.162. The van der Waals surface area contributed by atoms with Gasteiger partial charge >= 0.3 is 5.97 Å². The largest absolute Gasteiger partial charge is 0.462 e. The molecule has 0 spiro atoms. The van der Waals surface area contributed by atoms with E-state index in [1.807, 2.05) is 6.92 Å². The van der Waals surface area contributed by atoms with Crippen molar-refractivity contribution >= 4 is 5.97 Å². The Morgan fingerprint density at radius 1 is 1.33 bits per heavy atom. The van der Waals surface area contributed by atoms with Crippen molar-refractivity contribution in [3.63, 3.8) is 0 Å². The molecule has 0 bridgehead atoms. The Bertz CT molecular complexity index is 220. The van der Waals surface area contributed by atoms with Crippen LogP contribution in [0.5, 0.6) is 0 Å². The zero-order valence-electron chi connectivity index (χ0n) is 10.1. The van der Waals surface area contributed by atoms with Crippen LogP contribution in [0.2, 0.25) is 0 Å². The second-order valence-corrected chi connectivity index (χ2v) is 5.05. The summed E-state index contributed by atoms with van der Waals surface area (Å²) in [6, 6.07) is 0. The van der Waals surface area contributed by atoms with Crippen molar-refractivity contribution in [1.82, 2.24) is 0 Å². The number of hydrogen-bond acceptors (Lipinski definition) is 3. The molecule has 1 saturated carbocycles.